The van der Waals surface area contributed by atoms with Crippen LogP contribution < -0.4 is 9.30 Å². The Morgan fingerprint density at radius 3 is 2.11 bits per heavy atom. The van der Waals surface area contributed by atoms with E-state index in [1.54, 1.807) is 0 Å². The summed E-state index contributed by atoms with van der Waals surface area (Å²) in [7, 11) is 4.09. The number of nitrogens with zero attached hydrogens (tertiary/aromatic N) is 6. The molecule has 0 atom stereocenters. The van der Waals surface area contributed by atoms with E-state index in [-0.39, 0.29) is 0 Å². The first-order valence-electron chi connectivity index (χ1n) is 12.3. The van der Waals surface area contributed by atoms with Gasteiger partial charge in [-0.1, -0.05) is 83.4 Å². The lowest BCUT2D eigenvalue weighted by Crippen LogP contribution is -2.27. The molecule has 3 aromatic carbocycles. The van der Waals surface area contributed by atoms with Crippen LogP contribution in [-0.2, 0) is 0 Å². The van der Waals surface area contributed by atoms with Crippen molar-refractivity contribution in [3.8, 4) is 22.5 Å². The van der Waals surface area contributed by atoms with E-state index >= 15 is 0 Å². The molecule has 0 aliphatic carbocycles. The highest BCUT2D eigenvalue weighted by atomic mass is 15.4. The average Bonchev–Trinajstić information content (AvgIpc) is 3.30. The number of aromatic nitrogens is 5. The monoisotopic (exact) mass is 483 g/mol. The van der Waals surface area contributed by atoms with Gasteiger partial charge in [-0.25, -0.2) is 0 Å². The smallest absolute Gasteiger partial charge is 0.378 e. The third kappa shape index (κ3) is 4.34. The number of benzene rings is 3. The number of aryl methyl sites for hydroxylation is 1. The molecular weight excluding hydrogens is 456 g/mol. The maximum absolute atomic E-state index is 5.08. The maximum Gasteiger partial charge on any atom is 0.389 e. The first-order chi connectivity index (χ1) is 18.1. The summed E-state index contributed by atoms with van der Waals surface area (Å²) < 4.78 is 3.92. The molecule has 6 rings (SSSR count). The maximum atomic E-state index is 5.08. The van der Waals surface area contributed by atoms with Crippen molar-refractivity contribution < 1.29 is 4.40 Å². The lowest BCUT2D eigenvalue weighted by atomic mass is 10.1. The fourth-order valence-electron chi connectivity index (χ4n) is 4.48. The molecule has 0 N–H and O–H groups in total. The van der Waals surface area contributed by atoms with Gasteiger partial charge in [0.15, 0.2) is 0 Å². The zero-order chi connectivity index (χ0) is 25.4. The number of hydrogen-bond acceptors (Lipinski definition) is 4. The summed E-state index contributed by atoms with van der Waals surface area (Å²) in [6, 6.07) is 33.2. The van der Waals surface area contributed by atoms with Crippen LogP contribution in [0.5, 0.6) is 0 Å². The van der Waals surface area contributed by atoms with Gasteiger partial charge in [-0.2, -0.15) is 4.40 Å². The van der Waals surface area contributed by atoms with Crippen LogP contribution in [0.15, 0.2) is 97.1 Å². The quantitative estimate of drug-likeness (QED) is 0.293. The summed E-state index contributed by atoms with van der Waals surface area (Å²) in [5.41, 5.74) is 8.11. The number of fused-ring (bicyclic) bond motifs is 3. The average molecular weight is 484 g/mol. The van der Waals surface area contributed by atoms with Crippen molar-refractivity contribution in [2.24, 2.45) is 0 Å². The number of anilines is 1. The van der Waals surface area contributed by atoms with Crippen LogP contribution in [0.25, 0.3) is 46.2 Å². The molecule has 0 aliphatic heterocycles. The molecule has 0 fully saturated rings. The van der Waals surface area contributed by atoms with E-state index in [4.69, 9.17) is 15.1 Å². The third-order valence-electron chi connectivity index (χ3n) is 6.39. The van der Waals surface area contributed by atoms with E-state index in [9.17, 15) is 0 Å². The summed E-state index contributed by atoms with van der Waals surface area (Å²) in [6.45, 7) is 1.99. The van der Waals surface area contributed by atoms with Crippen molar-refractivity contribution in [1.29, 1.82) is 0 Å². The molecule has 0 spiro atoms. The lowest BCUT2D eigenvalue weighted by Gasteiger charge is -2.11. The largest absolute Gasteiger partial charge is 0.389 e. The Kier molecular flexibility index (Phi) is 5.69. The molecule has 6 heteroatoms. The Balaban J connectivity index is 1.58. The molecule has 3 heterocycles. The summed E-state index contributed by atoms with van der Waals surface area (Å²) >= 11 is 0. The minimum Gasteiger partial charge on any atom is -0.378 e. The van der Waals surface area contributed by atoms with E-state index in [2.05, 4.69) is 77.7 Å². The number of rotatable bonds is 5. The molecule has 0 amide bonds. The van der Waals surface area contributed by atoms with Gasteiger partial charge in [-0.15, -0.1) is 9.97 Å². The van der Waals surface area contributed by atoms with Crippen LogP contribution in [-0.4, -0.2) is 33.7 Å². The minimum absolute atomic E-state index is 0.609. The Bertz CT molecular complexity index is 1730. The Morgan fingerprint density at radius 1 is 0.757 bits per heavy atom. The van der Waals surface area contributed by atoms with Gasteiger partial charge >= 0.3 is 11.6 Å². The van der Waals surface area contributed by atoms with Gasteiger partial charge in [-0.05, 0) is 30.7 Å². The molecule has 0 radical (unpaired) electrons. The summed E-state index contributed by atoms with van der Waals surface area (Å²) in [4.78, 5) is 11.9. The minimum atomic E-state index is 0.609. The van der Waals surface area contributed by atoms with Gasteiger partial charge < -0.3 is 4.90 Å². The molecule has 0 saturated carbocycles. The van der Waals surface area contributed by atoms with Crippen molar-refractivity contribution in [2.75, 3.05) is 19.0 Å². The van der Waals surface area contributed by atoms with Crippen LogP contribution in [0.1, 0.15) is 17.0 Å². The normalized spacial score (nSPS) is 11.5. The molecule has 0 bridgehead atoms. The fourth-order valence-corrected chi connectivity index (χ4v) is 4.48. The van der Waals surface area contributed by atoms with Gasteiger partial charge in [0.25, 0.3) is 0 Å². The van der Waals surface area contributed by atoms with Crippen LogP contribution >= 0.6 is 0 Å². The molecule has 37 heavy (non-hydrogen) atoms. The van der Waals surface area contributed by atoms with Crippen molar-refractivity contribution in [3.63, 3.8) is 0 Å². The SMILES string of the molecule is Cc1cc(/C=C/c2ccc(N(C)C)cc2)[n+]2c(n1)nn1c(-c3ccccc3)cc(-c3ccccc3)nc12. The number of hydrogen-bond donors (Lipinski definition) is 0. The van der Waals surface area contributed by atoms with Crippen molar-refractivity contribution in [1.82, 2.24) is 19.6 Å². The topological polar surface area (TPSA) is 50.4 Å². The first kappa shape index (κ1) is 22.6. The predicted octanol–water partition coefficient (Wildman–Crippen LogP) is 5.74. The first-order valence-corrected chi connectivity index (χ1v) is 12.3. The molecule has 6 aromatic rings. The second kappa shape index (κ2) is 9.32. The van der Waals surface area contributed by atoms with E-state index in [0.717, 1.165) is 39.5 Å². The van der Waals surface area contributed by atoms with Gasteiger partial charge in [-0.3, -0.25) is 0 Å². The zero-order valence-corrected chi connectivity index (χ0v) is 21.1. The molecular formula is C31H27N6+. The molecule has 3 aromatic heterocycles. The molecule has 0 aliphatic rings. The van der Waals surface area contributed by atoms with Crippen LogP contribution in [0.2, 0.25) is 0 Å². The van der Waals surface area contributed by atoms with Gasteiger partial charge in [0.2, 0.25) is 0 Å². The van der Waals surface area contributed by atoms with Crippen LogP contribution in [0.4, 0.5) is 5.69 Å². The van der Waals surface area contributed by atoms with Gasteiger partial charge in [0.1, 0.15) is 11.4 Å². The van der Waals surface area contributed by atoms with Gasteiger partial charge in [0, 0.05) is 48.1 Å². The van der Waals surface area contributed by atoms with E-state index in [1.807, 2.05) is 66.3 Å². The van der Waals surface area contributed by atoms with E-state index < -0.39 is 0 Å². The second-order valence-electron chi connectivity index (χ2n) is 9.25. The molecule has 0 unspecified atom stereocenters. The van der Waals surface area contributed by atoms with Crippen molar-refractivity contribution in [3.05, 3.63) is 114 Å². The lowest BCUT2D eigenvalue weighted by molar-refractivity contribution is -0.490. The predicted molar refractivity (Wildman–Crippen MR) is 149 cm³/mol. The van der Waals surface area contributed by atoms with Crippen LogP contribution in [0, 0.1) is 6.92 Å². The Hall–Kier alpha value is -4.84. The molecule has 6 nitrogen and oxygen atoms in total. The highest BCUT2D eigenvalue weighted by Gasteiger charge is 2.23. The Morgan fingerprint density at radius 2 is 1.43 bits per heavy atom. The van der Waals surface area contributed by atoms with Gasteiger partial charge in [0.05, 0.1) is 11.4 Å². The summed E-state index contributed by atoms with van der Waals surface area (Å²) in [5, 5.41) is 4.90. The van der Waals surface area contributed by atoms with Crippen molar-refractivity contribution in [2.45, 2.75) is 6.92 Å². The van der Waals surface area contributed by atoms with Crippen molar-refractivity contribution >= 4 is 29.4 Å². The highest BCUT2D eigenvalue weighted by molar-refractivity contribution is 5.71. The fraction of sp³-hybridized carbons (Fsp3) is 0.0968. The van der Waals surface area contributed by atoms with E-state index in [0.29, 0.717) is 11.6 Å². The summed E-state index contributed by atoms with van der Waals surface area (Å²) in [5.74, 6) is 1.32. The summed E-state index contributed by atoms with van der Waals surface area (Å²) in [6.07, 6.45) is 4.22. The highest BCUT2D eigenvalue weighted by Crippen LogP contribution is 2.26. The third-order valence-corrected chi connectivity index (χ3v) is 6.39. The second-order valence-corrected chi connectivity index (χ2v) is 9.25. The van der Waals surface area contributed by atoms with E-state index in [1.165, 1.54) is 5.69 Å². The molecule has 0 saturated heterocycles. The molecule has 180 valence electrons. The Labute approximate surface area is 215 Å². The standard InChI is InChI=1S/C31H27N6/c1-22-20-27(19-16-23-14-17-26(18-15-23)35(2)3)36-30(32-22)34-37-29(25-12-8-5-9-13-25)21-28(33-31(36)37)24-10-6-4-7-11-24/h4-21H,1-3H3/q+1/b19-16+. The zero-order valence-electron chi connectivity index (χ0n) is 21.1. The van der Waals surface area contributed by atoms with Crippen LogP contribution in [0.3, 0.4) is 0 Å².